The van der Waals surface area contributed by atoms with Crippen molar-refractivity contribution in [1.29, 1.82) is 0 Å². The van der Waals surface area contributed by atoms with Crippen LogP contribution in [0, 0.1) is 6.92 Å². The number of hydrogen-bond donors (Lipinski definition) is 0. The SMILES string of the molecule is Cc1cncc(CN(C)C2CCC(=O)CC2)c1. The highest BCUT2D eigenvalue weighted by atomic mass is 16.1. The van der Waals surface area contributed by atoms with E-state index in [4.69, 9.17) is 0 Å². The second-order valence-corrected chi connectivity index (χ2v) is 5.06. The Morgan fingerprint density at radius 1 is 1.35 bits per heavy atom. The van der Waals surface area contributed by atoms with Crippen LogP contribution in [0.5, 0.6) is 0 Å². The van der Waals surface area contributed by atoms with Crippen LogP contribution in [0.3, 0.4) is 0 Å². The molecule has 0 spiro atoms. The van der Waals surface area contributed by atoms with E-state index in [1.165, 1.54) is 11.1 Å². The number of ketones is 1. The smallest absolute Gasteiger partial charge is 0.133 e. The monoisotopic (exact) mass is 232 g/mol. The maximum Gasteiger partial charge on any atom is 0.133 e. The van der Waals surface area contributed by atoms with Gasteiger partial charge >= 0.3 is 0 Å². The van der Waals surface area contributed by atoms with Crippen LogP contribution in [0.2, 0.25) is 0 Å². The molecule has 0 N–H and O–H groups in total. The molecule has 1 aromatic rings. The molecule has 0 bridgehead atoms. The third-order valence-electron chi connectivity index (χ3n) is 3.50. The van der Waals surface area contributed by atoms with E-state index in [-0.39, 0.29) is 0 Å². The second kappa shape index (κ2) is 5.41. The van der Waals surface area contributed by atoms with Gasteiger partial charge in [-0.2, -0.15) is 0 Å². The van der Waals surface area contributed by atoms with E-state index in [2.05, 4.69) is 29.9 Å². The van der Waals surface area contributed by atoms with Gasteiger partial charge in [-0.3, -0.25) is 14.7 Å². The molecule has 17 heavy (non-hydrogen) atoms. The number of aromatic nitrogens is 1. The summed E-state index contributed by atoms with van der Waals surface area (Å²) in [5, 5.41) is 0. The lowest BCUT2D eigenvalue weighted by molar-refractivity contribution is -0.121. The third-order valence-corrected chi connectivity index (χ3v) is 3.50. The highest BCUT2D eigenvalue weighted by Crippen LogP contribution is 2.20. The van der Waals surface area contributed by atoms with Crippen molar-refractivity contribution >= 4 is 5.78 Å². The molecule has 3 heteroatoms. The molecular formula is C14H20N2O. The van der Waals surface area contributed by atoms with Gasteiger partial charge in [0.1, 0.15) is 5.78 Å². The Kier molecular flexibility index (Phi) is 3.89. The van der Waals surface area contributed by atoms with E-state index in [0.717, 1.165) is 32.2 Å². The van der Waals surface area contributed by atoms with Gasteiger partial charge in [-0.1, -0.05) is 6.07 Å². The van der Waals surface area contributed by atoms with Crippen molar-refractivity contribution in [2.75, 3.05) is 7.05 Å². The average Bonchev–Trinajstić information content (AvgIpc) is 2.29. The van der Waals surface area contributed by atoms with Gasteiger partial charge in [-0.25, -0.2) is 0 Å². The summed E-state index contributed by atoms with van der Waals surface area (Å²) in [6, 6.07) is 2.73. The van der Waals surface area contributed by atoms with E-state index >= 15 is 0 Å². The number of hydrogen-bond acceptors (Lipinski definition) is 3. The summed E-state index contributed by atoms with van der Waals surface area (Å²) >= 11 is 0. The van der Waals surface area contributed by atoms with Crippen molar-refractivity contribution in [3.8, 4) is 0 Å². The summed E-state index contributed by atoms with van der Waals surface area (Å²) in [5.41, 5.74) is 2.46. The zero-order valence-corrected chi connectivity index (χ0v) is 10.6. The van der Waals surface area contributed by atoms with Crippen molar-refractivity contribution in [1.82, 2.24) is 9.88 Å². The van der Waals surface area contributed by atoms with E-state index in [1.54, 1.807) is 0 Å². The minimum Gasteiger partial charge on any atom is -0.300 e. The molecule has 0 aliphatic heterocycles. The Hall–Kier alpha value is -1.22. The highest BCUT2D eigenvalue weighted by Gasteiger charge is 2.22. The van der Waals surface area contributed by atoms with Crippen molar-refractivity contribution in [3.05, 3.63) is 29.6 Å². The Morgan fingerprint density at radius 3 is 2.71 bits per heavy atom. The number of carbonyl (C=O) groups is 1. The first-order chi connectivity index (χ1) is 8.15. The quantitative estimate of drug-likeness (QED) is 0.802. The molecule has 1 saturated carbocycles. The Bertz CT molecular complexity index is 393. The van der Waals surface area contributed by atoms with Crippen LogP contribution < -0.4 is 0 Å². The van der Waals surface area contributed by atoms with Gasteiger partial charge in [0.05, 0.1) is 0 Å². The fourth-order valence-electron chi connectivity index (χ4n) is 2.49. The van der Waals surface area contributed by atoms with E-state index in [1.807, 2.05) is 12.4 Å². The molecule has 1 aromatic heterocycles. The molecule has 0 atom stereocenters. The number of nitrogens with zero attached hydrogens (tertiary/aromatic N) is 2. The molecule has 0 radical (unpaired) electrons. The lowest BCUT2D eigenvalue weighted by Crippen LogP contribution is -2.34. The molecule has 1 aliphatic rings. The molecular weight excluding hydrogens is 212 g/mol. The predicted molar refractivity (Wildman–Crippen MR) is 67.7 cm³/mol. The van der Waals surface area contributed by atoms with Crippen LogP contribution in [-0.4, -0.2) is 28.8 Å². The molecule has 1 aliphatic carbocycles. The summed E-state index contributed by atoms with van der Waals surface area (Å²) in [7, 11) is 2.14. The third kappa shape index (κ3) is 3.37. The van der Waals surface area contributed by atoms with E-state index < -0.39 is 0 Å². The van der Waals surface area contributed by atoms with Gasteiger partial charge in [0.2, 0.25) is 0 Å². The van der Waals surface area contributed by atoms with Crippen LogP contribution in [0.1, 0.15) is 36.8 Å². The summed E-state index contributed by atoms with van der Waals surface area (Å²) < 4.78 is 0. The summed E-state index contributed by atoms with van der Waals surface area (Å²) in [5.74, 6) is 0.423. The molecule has 2 rings (SSSR count). The first-order valence-electron chi connectivity index (χ1n) is 6.27. The summed E-state index contributed by atoms with van der Waals surface area (Å²) in [4.78, 5) is 17.8. The van der Waals surface area contributed by atoms with Crippen LogP contribution in [0.4, 0.5) is 0 Å². The number of carbonyl (C=O) groups excluding carboxylic acids is 1. The molecule has 0 aromatic carbocycles. The Balaban J connectivity index is 1.92. The van der Waals surface area contributed by atoms with Crippen molar-refractivity contribution < 1.29 is 4.79 Å². The van der Waals surface area contributed by atoms with Gasteiger partial charge in [0, 0.05) is 37.8 Å². The normalized spacial score (nSPS) is 17.7. The van der Waals surface area contributed by atoms with E-state index in [0.29, 0.717) is 11.8 Å². The van der Waals surface area contributed by atoms with Crippen LogP contribution in [0.15, 0.2) is 18.5 Å². The van der Waals surface area contributed by atoms with Gasteiger partial charge in [-0.15, -0.1) is 0 Å². The number of aryl methyl sites for hydroxylation is 1. The fraction of sp³-hybridized carbons (Fsp3) is 0.571. The first-order valence-corrected chi connectivity index (χ1v) is 6.27. The number of Topliss-reactive ketones (excluding diaryl/α,β-unsaturated/α-hetero) is 1. The predicted octanol–water partition coefficient (Wildman–Crippen LogP) is 2.33. The van der Waals surface area contributed by atoms with E-state index in [9.17, 15) is 4.79 Å². The largest absolute Gasteiger partial charge is 0.300 e. The van der Waals surface area contributed by atoms with Crippen LogP contribution in [-0.2, 0) is 11.3 Å². The van der Waals surface area contributed by atoms with Crippen molar-refractivity contribution in [3.63, 3.8) is 0 Å². The number of rotatable bonds is 3. The molecule has 1 fully saturated rings. The maximum absolute atomic E-state index is 11.2. The molecule has 92 valence electrons. The van der Waals surface area contributed by atoms with Crippen LogP contribution in [0.25, 0.3) is 0 Å². The fourth-order valence-corrected chi connectivity index (χ4v) is 2.49. The van der Waals surface area contributed by atoms with Crippen molar-refractivity contribution in [2.45, 2.75) is 45.2 Å². The summed E-state index contributed by atoms with van der Waals surface area (Å²) in [6.45, 7) is 2.99. The molecule has 1 heterocycles. The minimum atomic E-state index is 0.423. The average molecular weight is 232 g/mol. The van der Waals surface area contributed by atoms with Gasteiger partial charge in [0.25, 0.3) is 0 Å². The zero-order chi connectivity index (χ0) is 12.3. The van der Waals surface area contributed by atoms with Crippen molar-refractivity contribution in [2.24, 2.45) is 0 Å². The van der Waals surface area contributed by atoms with Gasteiger partial charge < -0.3 is 0 Å². The maximum atomic E-state index is 11.2. The lowest BCUT2D eigenvalue weighted by atomic mass is 9.93. The second-order valence-electron chi connectivity index (χ2n) is 5.06. The van der Waals surface area contributed by atoms with Gasteiger partial charge in [-0.05, 0) is 37.9 Å². The molecule has 0 unspecified atom stereocenters. The lowest BCUT2D eigenvalue weighted by Gasteiger charge is -2.30. The molecule has 3 nitrogen and oxygen atoms in total. The van der Waals surface area contributed by atoms with Crippen LogP contribution >= 0.6 is 0 Å². The standard InChI is InChI=1S/C14H20N2O/c1-11-7-12(9-15-8-11)10-16(2)13-3-5-14(17)6-4-13/h7-9,13H,3-6,10H2,1-2H3. The first kappa shape index (κ1) is 12.2. The zero-order valence-electron chi connectivity index (χ0n) is 10.6. The summed E-state index contributed by atoms with van der Waals surface area (Å²) in [6.07, 6.45) is 7.32. The van der Waals surface area contributed by atoms with Gasteiger partial charge in [0.15, 0.2) is 0 Å². The minimum absolute atomic E-state index is 0.423. The number of pyridine rings is 1. The highest BCUT2D eigenvalue weighted by molar-refractivity contribution is 5.79. The Labute approximate surface area is 103 Å². The Morgan fingerprint density at radius 2 is 2.06 bits per heavy atom. The molecule has 0 amide bonds. The molecule has 0 saturated heterocycles. The topological polar surface area (TPSA) is 33.2 Å².